The van der Waals surface area contributed by atoms with Crippen molar-refractivity contribution in [3.8, 4) is 11.8 Å². The van der Waals surface area contributed by atoms with Crippen LogP contribution in [0.4, 0.5) is 0 Å². The summed E-state index contributed by atoms with van der Waals surface area (Å²) in [4.78, 5) is 11.0. The van der Waals surface area contributed by atoms with E-state index in [-0.39, 0.29) is 25.2 Å². The van der Waals surface area contributed by atoms with Gasteiger partial charge in [-0.3, -0.25) is 4.79 Å². The van der Waals surface area contributed by atoms with Crippen molar-refractivity contribution in [3.05, 3.63) is 28.2 Å². The highest BCUT2D eigenvalue weighted by Crippen LogP contribution is 2.27. The number of rotatable bonds is 5. The summed E-state index contributed by atoms with van der Waals surface area (Å²) < 4.78 is 5.29. The molecule has 0 aliphatic carbocycles. The third-order valence-electron chi connectivity index (χ3n) is 1.81. The molecule has 84 valence electrons. The minimum atomic E-state index is -0.152. The molecule has 0 aromatic heterocycles. The second-order valence-corrected chi connectivity index (χ2v) is 3.89. The van der Waals surface area contributed by atoms with E-state index in [1.165, 1.54) is 0 Å². The Bertz CT molecular complexity index is 426. The molecular formula is C11H9Cl2NO2. The molecular weight excluding hydrogens is 249 g/mol. The van der Waals surface area contributed by atoms with Crippen LogP contribution < -0.4 is 4.74 Å². The fraction of sp³-hybridized carbons (Fsp3) is 0.273. The molecule has 0 N–H and O–H groups in total. The maximum absolute atomic E-state index is 11.0. The van der Waals surface area contributed by atoms with Gasteiger partial charge in [0.05, 0.1) is 24.1 Å². The average Bonchev–Trinajstić information content (AvgIpc) is 2.23. The van der Waals surface area contributed by atoms with Gasteiger partial charge >= 0.3 is 0 Å². The van der Waals surface area contributed by atoms with Crippen LogP contribution in [0.3, 0.4) is 0 Å². The van der Waals surface area contributed by atoms with E-state index in [4.69, 9.17) is 33.2 Å². The third-order valence-corrected chi connectivity index (χ3v) is 2.36. The Balaban J connectivity index is 2.46. The third kappa shape index (κ3) is 4.09. The van der Waals surface area contributed by atoms with Crippen LogP contribution in [0.25, 0.3) is 0 Å². The van der Waals surface area contributed by atoms with Gasteiger partial charge in [0.25, 0.3) is 0 Å². The summed E-state index contributed by atoms with van der Waals surface area (Å²) in [6.07, 6.45) is 0.100. The van der Waals surface area contributed by atoms with E-state index >= 15 is 0 Å². The predicted molar refractivity (Wildman–Crippen MR) is 61.8 cm³/mol. The van der Waals surface area contributed by atoms with Crippen LogP contribution in [0.5, 0.6) is 5.75 Å². The first-order valence-corrected chi connectivity index (χ1v) is 5.35. The van der Waals surface area contributed by atoms with Crippen LogP contribution in [0, 0.1) is 11.3 Å². The summed E-state index contributed by atoms with van der Waals surface area (Å²) in [6.45, 7) is 0.195. The second kappa shape index (κ2) is 6.37. The van der Waals surface area contributed by atoms with E-state index < -0.39 is 0 Å². The molecule has 1 aromatic carbocycles. The summed E-state index contributed by atoms with van der Waals surface area (Å²) in [6, 6.07) is 6.64. The fourth-order valence-corrected chi connectivity index (χ4v) is 1.37. The van der Waals surface area contributed by atoms with Crippen molar-refractivity contribution in [2.45, 2.75) is 12.8 Å². The Morgan fingerprint density at radius 1 is 1.44 bits per heavy atom. The standard InChI is InChI=1S/C11H9Cl2NO2/c12-8-1-2-10(13)11(7-8)16-6-4-9(15)3-5-14/h1-2,7H,3-4,6H2. The molecule has 0 unspecified atom stereocenters. The van der Waals surface area contributed by atoms with E-state index in [1.807, 2.05) is 0 Å². The zero-order valence-corrected chi connectivity index (χ0v) is 9.88. The molecule has 0 spiro atoms. The van der Waals surface area contributed by atoms with Crippen LogP contribution in [0.1, 0.15) is 12.8 Å². The zero-order chi connectivity index (χ0) is 12.0. The number of halogens is 2. The predicted octanol–water partition coefficient (Wildman–Crippen LogP) is 3.25. The van der Waals surface area contributed by atoms with E-state index in [0.717, 1.165) is 0 Å². The molecule has 0 bridgehead atoms. The van der Waals surface area contributed by atoms with Crippen molar-refractivity contribution < 1.29 is 9.53 Å². The molecule has 1 rings (SSSR count). The molecule has 3 nitrogen and oxygen atoms in total. The van der Waals surface area contributed by atoms with Crippen molar-refractivity contribution >= 4 is 29.0 Å². The van der Waals surface area contributed by atoms with Crippen molar-refractivity contribution in [3.63, 3.8) is 0 Å². The first-order valence-electron chi connectivity index (χ1n) is 4.60. The monoisotopic (exact) mass is 257 g/mol. The van der Waals surface area contributed by atoms with Crippen molar-refractivity contribution in [2.24, 2.45) is 0 Å². The minimum absolute atomic E-state index is 0.0906. The highest BCUT2D eigenvalue weighted by molar-refractivity contribution is 6.34. The van der Waals surface area contributed by atoms with Crippen LogP contribution in [0.2, 0.25) is 10.0 Å². The number of nitrogens with zero attached hydrogens (tertiary/aromatic N) is 1. The molecule has 0 atom stereocenters. The topological polar surface area (TPSA) is 50.1 Å². The van der Waals surface area contributed by atoms with E-state index in [9.17, 15) is 4.79 Å². The molecule has 0 saturated carbocycles. The summed E-state index contributed by atoms with van der Waals surface area (Å²) in [7, 11) is 0. The SMILES string of the molecule is N#CCC(=O)CCOc1cc(Cl)ccc1Cl. The summed E-state index contributed by atoms with van der Waals surface area (Å²) in [5, 5.41) is 9.24. The maximum atomic E-state index is 11.0. The lowest BCUT2D eigenvalue weighted by atomic mass is 10.2. The smallest absolute Gasteiger partial charge is 0.150 e. The zero-order valence-electron chi connectivity index (χ0n) is 8.37. The molecule has 1 aromatic rings. The van der Waals surface area contributed by atoms with Gasteiger partial charge in [-0.25, -0.2) is 0 Å². The van der Waals surface area contributed by atoms with Gasteiger partial charge in [-0.1, -0.05) is 23.2 Å². The average molecular weight is 258 g/mol. The number of ether oxygens (including phenoxy) is 1. The van der Waals surface area contributed by atoms with Crippen LogP contribution in [-0.2, 0) is 4.79 Å². The summed E-state index contributed by atoms with van der Waals surface area (Å²) in [5.41, 5.74) is 0. The van der Waals surface area contributed by atoms with Gasteiger partial charge in [-0.2, -0.15) is 5.26 Å². The lowest BCUT2D eigenvalue weighted by Crippen LogP contribution is -2.05. The van der Waals surface area contributed by atoms with E-state index in [0.29, 0.717) is 15.8 Å². The number of Topliss-reactive ketones (excluding diaryl/α,β-unsaturated/α-hetero) is 1. The van der Waals surface area contributed by atoms with Gasteiger partial charge in [0, 0.05) is 17.5 Å². The molecule has 0 heterocycles. The van der Waals surface area contributed by atoms with Crippen LogP contribution in [0.15, 0.2) is 18.2 Å². The Morgan fingerprint density at radius 2 is 2.19 bits per heavy atom. The number of hydrogen-bond acceptors (Lipinski definition) is 3. The van der Waals surface area contributed by atoms with Gasteiger partial charge in [-0.15, -0.1) is 0 Å². The Hall–Kier alpha value is -1.24. The molecule has 16 heavy (non-hydrogen) atoms. The molecule has 0 radical (unpaired) electrons. The van der Waals surface area contributed by atoms with Crippen LogP contribution >= 0.6 is 23.2 Å². The number of benzene rings is 1. The van der Waals surface area contributed by atoms with Gasteiger partial charge in [0.2, 0.25) is 0 Å². The quantitative estimate of drug-likeness (QED) is 0.814. The molecule has 0 fully saturated rings. The Morgan fingerprint density at radius 3 is 2.88 bits per heavy atom. The molecule has 0 aliphatic heterocycles. The fourth-order valence-electron chi connectivity index (χ4n) is 1.04. The Kier molecular flexibility index (Phi) is 5.10. The van der Waals surface area contributed by atoms with E-state index in [2.05, 4.69) is 0 Å². The van der Waals surface area contributed by atoms with Gasteiger partial charge in [0.1, 0.15) is 11.5 Å². The Labute approximate surface area is 104 Å². The number of hydrogen-bond donors (Lipinski definition) is 0. The lowest BCUT2D eigenvalue weighted by Gasteiger charge is -2.07. The normalized spacial score (nSPS) is 9.56. The van der Waals surface area contributed by atoms with Gasteiger partial charge in [-0.05, 0) is 12.1 Å². The van der Waals surface area contributed by atoms with E-state index in [1.54, 1.807) is 24.3 Å². The number of carbonyl (C=O) groups excluding carboxylic acids is 1. The minimum Gasteiger partial charge on any atom is -0.492 e. The van der Waals surface area contributed by atoms with Crippen molar-refractivity contribution in [1.82, 2.24) is 0 Å². The highest BCUT2D eigenvalue weighted by atomic mass is 35.5. The molecule has 0 aliphatic rings. The van der Waals surface area contributed by atoms with Crippen molar-refractivity contribution in [2.75, 3.05) is 6.61 Å². The lowest BCUT2D eigenvalue weighted by molar-refractivity contribution is -0.118. The molecule has 0 amide bonds. The number of ketones is 1. The van der Waals surface area contributed by atoms with Gasteiger partial charge < -0.3 is 4.74 Å². The molecule has 5 heteroatoms. The maximum Gasteiger partial charge on any atom is 0.150 e. The van der Waals surface area contributed by atoms with Gasteiger partial charge in [0.15, 0.2) is 0 Å². The van der Waals surface area contributed by atoms with Crippen molar-refractivity contribution in [1.29, 1.82) is 5.26 Å². The van der Waals surface area contributed by atoms with Crippen LogP contribution in [-0.4, -0.2) is 12.4 Å². The summed E-state index contributed by atoms with van der Waals surface area (Å²) in [5.74, 6) is 0.291. The highest BCUT2D eigenvalue weighted by Gasteiger charge is 2.05. The second-order valence-electron chi connectivity index (χ2n) is 3.05. The largest absolute Gasteiger partial charge is 0.492 e. The summed E-state index contributed by atoms with van der Waals surface area (Å²) >= 11 is 11.6. The molecule has 0 saturated heterocycles. The first kappa shape index (κ1) is 12.8. The number of nitriles is 1. The first-order chi connectivity index (χ1) is 7.63. The number of carbonyl (C=O) groups is 1.